The molecule has 2 aliphatic heterocycles. The molecule has 0 radical (unpaired) electrons. The van der Waals surface area contributed by atoms with E-state index >= 15 is 0 Å². The highest BCUT2D eigenvalue weighted by molar-refractivity contribution is 5.86. The minimum absolute atomic E-state index is 0.0507. The molecule has 0 saturated carbocycles. The lowest BCUT2D eigenvalue weighted by atomic mass is 10.1. The molecule has 2 atom stereocenters. The van der Waals surface area contributed by atoms with E-state index in [2.05, 4.69) is 33.5 Å². The molecule has 0 amide bonds. The molecular formula is C27H31FN6O2. The third-order valence-electron chi connectivity index (χ3n) is 7.16. The Morgan fingerprint density at radius 1 is 0.972 bits per heavy atom. The summed E-state index contributed by atoms with van der Waals surface area (Å²) in [6.07, 6.45) is 2.22. The number of piperazine rings is 1. The summed E-state index contributed by atoms with van der Waals surface area (Å²) in [5.41, 5.74) is 2.63. The molecule has 1 aromatic carbocycles. The molecule has 0 bridgehead atoms. The molecule has 1 N–H and O–H groups in total. The van der Waals surface area contributed by atoms with Crippen LogP contribution in [0, 0.1) is 12.7 Å². The van der Waals surface area contributed by atoms with E-state index in [1.54, 1.807) is 18.2 Å². The van der Waals surface area contributed by atoms with Gasteiger partial charge in [0.25, 0.3) is 0 Å². The number of hydrogen-bond acceptors (Lipinski definition) is 7. The van der Waals surface area contributed by atoms with Crippen molar-refractivity contribution in [2.24, 2.45) is 0 Å². The highest BCUT2D eigenvalue weighted by Crippen LogP contribution is 2.31. The first-order valence-electron chi connectivity index (χ1n) is 12.4. The number of aromatic carboxylic acids is 1. The van der Waals surface area contributed by atoms with Gasteiger partial charge in [0, 0.05) is 49.9 Å². The van der Waals surface area contributed by atoms with Gasteiger partial charge in [0.1, 0.15) is 17.5 Å². The van der Waals surface area contributed by atoms with Crippen molar-refractivity contribution in [3.8, 4) is 11.3 Å². The number of anilines is 3. The van der Waals surface area contributed by atoms with Crippen LogP contribution in [0.3, 0.4) is 0 Å². The summed E-state index contributed by atoms with van der Waals surface area (Å²) >= 11 is 0. The van der Waals surface area contributed by atoms with Crippen molar-refractivity contribution in [2.75, 3.05) is 40.9 Å². The van der Waals surface area contributed by atoms with Gasteiger partial charge in [-0.15, -0.1) is 0 Å². The summed E-state index contributed by atoms with van der Waals surface area (Å²) < 4.78 is 13.6. The van der Waals surface area contributed by atoms with E-state index in [9.17, 15) is 14.3 Å². The van der Waals surface area contributed by atoms with Crippen molar-refractivity contribution in [1.82, 2.24) is 15.0 Å². The van der Waals surface area contributed by atoms with Crippen LogP contribution >= 0.6 is 0 Å². The van der Waals surface area contributed by atoms with E-state index in [0.29, 0.717) is 37.4 Å². The van der Waals surface area contributed by atoms with Crippen LogP contribution in [-0.4, -0.2) is 64.3 Å². The fourth-order valence-corrected chi connectivity index (χ4v) is 5.14. The van der Waals surface area contributed by atoms with Gasteiger partial charge in [0.2, 0.25) is 5.95 Å². The largest absolute Gasteiger partial charge is 0.477 e. The summed E-state index contributed by atoms with van der Waals surface area (Å²) in [7, 11) is 0. The molecule has 0 spiro atoms. The van der Waals surface area contributed by atoms with Crippen molar-refractivity contribution in [1.29, 1.82) is 0 Å². The number of carboxylic acids is 1. The van der Waals surface area contributed by atoms with Gasteiger partial charge in [-0.05, 0) is 69.5 Å². The molecule has 2 saturated heterocycles. The van der Waals surface area contributed by atoms with Crippen LogP contribution in [-0.2, 0) is 0 Å². The summed E-state index contributed by atoms with van der Waals surface area (Å²) in [5, 5.41) is 9.38. The Morgan fingerprint density at radius 3 is 2.42 bits per heavy atom. The van der Waals surface area contributed by atoms with Crippen molar-refractivity contribution < 1.29 is 14.3 Å². The zero-order valence-corrected chi connectivity index (χ0v) is 20.9. The molecule has 36 heavy (non-hydrogen) atoms. The van der Waals surface area contributed by atoms with Gasteiger partial charge in [0.05, 0.1) is 5.69 Å². The SMILES string of the molecule is Cc1ccc(C(=O)O)nc1N1CCN(c2cc(-c3ccc(F)cc3)nc(N3CCC[C@H]3C)n2)[C@H](C)C1. The average molecular weight is 491 g/mol. The number of rotatable bonds is 5. The fraction of sp³-hybridized carbons (Fsp3) is 0.407. The van der Waals surface area contributed by atoms with E-state index in [-0.39, 0.29) is 17.6 Å². The summed E-state index contributed by atoms with van der Waals surface area (Å²) in [5.74, 6) is 0.957. The van der Waals surface area contributed by atoms with Gasteiger partial charge in [0.15, 0.2) is 5.69 Å². The van der Waals surface area contributed by atoms with Gasteiger partial charge >= 0.3 is 5.97 Å². The smallest absolute Gasteiger partial charge is 0.354 e. The number of benzene rings is 1. The molecule has 188 valence electrons. The quantitative estimate of drug-likeness (QED) is 0.564. The Bertz CT molecular complexity index is 1270. The van der Waals surface area contributed by atoms with E-state index in [1.165, 1.54) is 12.1 Å². The van der Waals surface area contributed by atoms with Crippen molar-refractivity contribution >= 4 is 23.6 Å². The Morgan fingerprint density at radius 2 is 1.75 bits per heavy atom. The molecule has 8 nitrogen and oxygen atoms in total. The maximum absolute atomic E-state index is 13.6. The summed E-state index contributed by atoms with van der Waals surface area (Å²) in [6, 6.07) is 12.2. The number of pyridine rings is 1. The first kappa shape index (κ1) is 24.0. The Balaban J connectivity index is 1.46. The lowest BCUT2D eigenvalue weighted by Crippen LogP contribution is -2.53. The standard InChI is InChI=1S/C27H31FN6O2/c1-17-6-11-22(26(35)36)29-25(17)32-13-14-33(19(3)16-32)24-15-23(20-7-9-21(28)10-8-20)30-27(31-24)34-12-4-5-18(34)2/h6-11,15,18-19H,4-5,12-14,16H2,1-3H3,(H,35,36)/t18-,19-/m1/s1. The number of aryl methyl sites for hydroxylation is 1. The monoisotopic (exact) mass is 490 g/mol. The second kappa shape index (κ2) is 9.72. The van der Waals surface area contributed by atoms with Gasteiger partial charge < -0.3 is 19.8 Å². The highest BCUT2D eigenvalue weighted by atomic mass is 19.1. The summed E-state index contributed by atoms with van der Waals surface area (Å²) in [4.78, 5) is 32.4. The van der Waals surface area contributed by atoms with Crippen LogP contribution in [0.4, 0.5) is 22.0 Å². The minimum atomic E-state index is -1.03. The predicted octanol–water partition coefficient (Wildman–Crippen LogP) is 4.39. The van der Waals surface area contributed by atoms with Crippen LogP contribution in [0.25, 0.3) is 11.3 Å². The molecular weight excluding hydrogens is 459 g/mol. The third-order valence-corrected chi connectivity index (χ3v) is 7.16. The van der Waals surface area contributed by atoms with E-state index < -0.39 is 5.97 Å². The lowest BCUT2D eigenvalue weighted by molar-refractivity contribution is 0.0690. The van der Waals surface area contributed by atoms with Gasteiger partial charge in [-0.3, -0.25) is 0 Å². The molecule has 4 heterocycles. The van der Waals surface area contributed by atoms with Crippen LogP contribution in [0.1, 0.15) is 42.7 Å². The molecule has 0 unspecified atom stereocenters. The second-order valence-corrected chi connectivity index (χ2v) is 9.73. The third kappa shape index (κ3) is 4.69. The maximum atomic E-state index is 13.6. The van der Waals surface area contributed by atoms with Gasteiger partial charge in [-0.25, -0.2) is 19.2 Å². The predicted molar refractivity (Wildman–Crippen MR) is 138 cm³/mol. The van der Waals surface area contributed by atoms with Crippen LogP contribution < -0.4 is 14.7 Å². The zero-order chi connectivity index (χ0) is 25.4. The second-order valence-electron chi connectivity index (χ2n) is 9.73. The average Bonchev–Trinajstić information content (AvgIpc) is 3.30. The first-order valence-corrected chi connectivity index (χ1v) is 12.4. The number of carboxylic acid groups (broad SMARTS) is 1. The van der Waals surface area contributed by atoms with Crippen LogP contribution in [0.15, 0.2) is 42.5 Å². The van der Waals surface area contributed by atoms with Gasteiger partial charge in [-0.2, -0.15) is 4.98 Å². The van der Waals surface area contributed by atoms with E-state index in [0.717, 1.165) is 42.0 Å². The molecule has 3 aromatic rings. The number of nitrogens with zero attached hydrogens (tertiary/aromatic N) is 6. The lowest BCUT2D eigenvalue weighted by Gasteiger charge is -2.41. The van der Waals surface area contributed by atoms with E-state index in [4.69, 9.17) is 9.97 Å². The van der Waals surface area contributed by atoms with Crippen molar-refractivity contribution in [3.63, 3.8) is 0 Å². The molecule has 2 aromatic heterocycles. The topological polar surface area (TPSA) is 85.7 Å². The molecule has 5 rings (SSSR count). The van der Waals surface area contributed by atoms with E-state index in [1.807, 2.05) is 19.1 Å². The van der Waals surface area contributed by atoms with Crippen LogP contribution in [0.2, 0.25) is 0 Å². The fourth-order valence-electron chi connectivity index (χ4n) is 5.14. The maximum Gasteiger partial charge on any atom is 0.354 e. The van der Waals surface area contributed by atoms with Gasteiger partial charge in [-0.1, -0.05) is 6.07 Å². The Labute approximate surface area is 210 Å². The zero-order valence-electron chi connectivity index (χ0n) is 20.9. The highest BCUT2D eigenvalue weighted by Gasteiger charge is 2.29. The first-order chi connectivity index (χ1) is 17.3. The summed E-state index contributed by atoms with van der Waals surface area (Å²) in [6.45, 7) is 9.28. The van der Waals surface area contributed by atoms with Crippen LogP contribution in [0.5, 0.6) is 0 Å². The Kier molecular flexibility index (Phi) is 6.47. The molecule has 9 heteroatoms. The number of aromatic nitrogens is 3. The molecule has 0 aliphatic carbocycles. The molecule has 2 fully saturated rings. The number of halogens is 1. The Hall–Kier alpha value is -3.75. The van der Waals surface area contributed by atoms with Crippen molar-refractivity contribution in [3.05, 3.63) is 59.5 Å². The van der Waals surface area contributed by atoms with Crippen molar-refractivity contribution in [2.45, 2.75) is 45.7 Å². The number of carbonyl (C=O) groups is 1. The minimum Gasteiger partial charge on any atom is -0.477 e. The molecule has 2 aliphatic rings. The normalized spacial score (nSPS) is 20.2. The number of hydrogen-bond donors (Lipinski definition) is 1.